The number of hydrogen-bond donors (Lipinski definition) is 0. The van der Waals surface area contributed by atoms with Crippen LogP contribution in [0.4, 0.5) is 0 Å². The largest absolute Gasteiger partial charge is 0.493 e. The lowest BCUT2D eigenvalue weighted by atomic mass is 10.1. The highest BCUT2D eigenvalue weighted by Gasteiger charge is 2.13. The third-order valence-electron chi connectivity index (χ3n) is 3.30. The first-order valence-corrected chi connectivity index (χ1v) is 8.61. The summed E-state index contributed by atoms with van der Waals surface area (Å²) in [5, 5.41) is 0.558. The predicted molar refractivity (Wildman–Crippen MR) is 99.8 cm³/mol. The van der Waals surface area contributed by atoms with Gasteiger partial charge in [-0.1, -0.05) is 48.3 Å². The van der Waals surface area contributed by atoms with E-state index in [2.05, 4.69) is 9.97 Å². The summed E-state index contributed by atoms with van der Waals surface area (Å²) in [7, 11) is 0. The van der Waals surface area contributed by atoms with E-state index in [1.54, 1.807) is 0 Å². The van der Waals surface area contributed by atoms with Gasteiger partial charge in [-0.3, -0.25) is 0 Å². The summed E-state index contributed by atoms with van der Waals surface area (Å²) in [4.78, 5) is 8.47. The van der Waals surface area contributed by atoms with Crippen molar-refractivity contribution in [2.24, 2.45) is 0 Å². The van der Waals surface area contributed by atoms with E-state index in [-0.39, 0.29) is 10.3 Å². The lowest BCUT2D eigenvalue weighted by Gasteiger charge is -2.13. The molecule has 0 aliphatic heterocycles. The van der Waals surface area contributed by atoms with Crippen LogP contribution in [0.15, 0.2) is 54.6 Å². The molecule has 2 aromatic carbocycles. The summed E-state index contributed by atoms with van der Waals surface area (Å²) < 4.78 is 11.7. The number of aromatic nitrogens is 2. The second kappa shape index (κ2) is 8.19. The fourth-order valence-corrected chi connectivity index (χ4v) is 2.64. The normalized spacial score (nSPS) is 10.5. The van der Waals surface area contributed by atoms with Crippen molar-refractivity contribution in [1.82, 2.24) is 9.97 Å². The molecule has 0 spiro atoms. The van der Waals surface area contributed by atoms with E-state index < -0.39 is 0 Å². The fourth-order valence-electron chi connectivity index (χ4n) is 2.22. The minimum absolute atomic E-state index is 0.279. The Bertz CT molecular complexity index is 837. The van der Waals surface area contributed by atoms with Crippen molar-refractivity contribution in [2.45, 2.75) is 13.3 Å². The molecule has 0 N–H and O–H groups in total. The van der Waals surface area contributed by atoms with Gasteiger partial charge in [0.25, 0.3) is 0 Å². The zero-order valence-corrected chi connectivity index (χ0v) is 15.1. The van der Waals surface area contributed by atoms with Gasteiger partial charge in [0.15, 0.2) is 5.82 Å². The molecule has 4 nitrogen and oxygen atoms in total. The Morgan fingerprint density at radius 1 is 0.880 bits per heavy atom. The number of hydrogen-bond acceptors (Lipinski definition) is 4. The average Bonchev–Trinajstić information content (AvgIpc) is 2.60. The van der Waals surface area contributed by atoms with E-state index in [1.807, 2.05) is 55.5 Å². The molecule has 1 heterocycles. The van der Waals surface area contributed by atoms with Crippen LogP contribution in [-0.4, -0.2) is 16.6 Å². The Kier molecular flexibility index (Phi) is 5.74. The Morgan fingerprint density at radius 3 is 2.28 bits per heavy atom. The zero-order chi connectivity index (χ0) is 17.6. The fraction of sp³-hybridized carbons (Fsp3) is 0.158. The first-order chi connectivity index (χ1) is 12.2. The molecule has 3 rings (SSSR count). The van der Waals surface area contributed by atoms with Crippen LogP contribution in [0.1, 0.15) is 13.3 Å². The number of ether oxygens (including phenoxy) is 2. The molecule has 0 bridgehead atoms. The van der Waals surface area contributed by atoms with Crippen LogP contribution in [0.2, 0.25) is 10.3 Å². The molecular weight excluding hydrogens is 359 g/mol. The molecule has 0 saturated heterocycles. The number of benzene rings is 2. The molecule has 0 atom stereocenters. The van der Waals surface area contributed by atoms with E-state index in [4.69, 9.17) is 32.7 Å². The Hall–Kier alpha value is -2.30. The summed E-state index contributed by atoms with van der Waals surface area (Å²) >= 11 is 12.0. The van der Waals surface area contributed by atoms with Gasteiger partial charge in [-0.15, -0.1) is 0 Å². The van der Waals surface area contributed by atoms with Crippen molar-refractivity contribution in [2.75, 3.05) is 6.61 Å². The smallest absolute Gasteiger partial charge is 0.166 e. The Balaban J connectivity index is 1.97. The molecule has 0 unspecified atom stereocenters. The summed E-state index contributed by atoms with van der Waals surface area (Å²) in [6, 6.07) is 16.5. The van der Waals surface area contributed by atoms with Crippen molar-refractivity contribution in [1.29, 1.82) is 0 Å². The van der Waals surface area contributed by atoms with Gasteiger partial charge in [0, 0.05) is 12.1 Å². The van der Waals surface area contributed by atoms with E-state index in [0.29, 0.717) is 29.5 Å². The highest BCUT2D eigenvalue weighted by atomic mass is 35.5. The molecule has 0 saturated carbocycles. The third kappa shape index (κ3) is 4.62. The summed E-state index contributed by atoms with van der Waals surface area (Å²) in [6.45, 7) is 2.60. The quantitative estimate of drug-likeness (QED) is 0.494. The Labute approximate surface area is 156 Å². The zero-order valence-electron chi connectivity index (χ0n) is 13.6. The molecule has 128 valence electrons. The summed E-state index contributed by atoms with van der Waals surface area (Å²) in [6.07, 6.45) is 0.875. The van der Waals surface area contributed by atoms with Crippen LogP contribution < -0.4 is 9.47 Å². The summed E-state index contributed by atoms with van der Waals surface area (Å²) in [5.74, 6) is 2.44. The van der Waals surface area contributed by atoms with E-state index in [1.165, 1.54) is 6.07 Å². The van der Waals surface area contributed by atoms with Gasteiger partial charge >= 0.3 is 0 Å². The first-order valence-electron chi connectivity index (χ1n) is 7.86. The molecule has 3 aromatic rings. The first kappa shape index (κ1) is 17.5. The van der Waals surface area contributed by atoms with Crippen molar-refractivity contribution in [3.8, 4) is 28.6 Å². The lowest BCUT2D eigenvalue weighted by molar-refractivity contribution is 0.317. The van der Waals surface area contributed by atoms with Crippen LogP contribution >= 0.6 is 23.2 Å². The monoisotopic (exact) mass is 374 g/mol. The minimum Gasteiger partial charge on any atom is -0.493 e. The molecular formula is C19H16Cl2N2O2. The maximum atomic E-state index is 5.99. The average molecular weight is 375 g/mol. The predicted octanol–water partition coefficient (Wildman–Crippen LogP) is 6.03. The molecule has 0 aliphatic rings. The number of nitrogens with zero attached hydrogens (tertiary/aromatic N) is 2. The maximum absolute atomic E-state index is 5.99. The highest BCUT2D eigenvalue weighted by Crippen LogP contribution is 2.34. The van der Waals surface area contributed by atoms with Crippen molar-refractivity contribution >= 4 is 23.2 Å². The van der Waals surface area contributed by atoms with Crippen LogP contribution in [0.25, 0.3) is 11.4 Å². The molecule has 0 fully saturated rings. The second-order valence-electron chi connectivity index (χ2n) is 5.26. The van der Waals surface area contributed by atoms with Gasteiger partial charge in [-0.05, 0) is 30.7 Å². The van der Waals surface area contributed by atoms with Crippen LogP contribution in [0, 0.1) is 0 Å². The molecule has 0 amide bonds. The SMILES string of the molecule is CCCOc1cc(Oc2ccccc2)ccc1-c1nc(Cl)cc(Cl)n1. The van der Waals surface area contributed by atoms with Crippen LogP contribution in [0.5, 0.6) is 17.2 Å². The maximum Gasteiger partial charge on any atom is 0.166 e. The standard InChI is InChI=1S/C19H16Cl2N2O2/c1-2-10-24-16-11-14(25-13-6-4-3-5-7-13)8-9-15(16)19-22-17(20)12-18(21)23-19/h3-9,11-12H,2,10H2,1H3. The van der Waals surface area contributed by atoms with E-state index in [9.17, 15) is 0 Å². The van der Waals surface area contributed by atoms with Gasteiger partial charge in [0.2, 0.25) is 0 Å². The van der Waals surface area contributed by atoms with Crippen LogP contribution in [-0.2, 0) is 0 Å². The third-order valence-corrected chi connectivity index (χ3v) is 3.69. The van der Waals surface area contributed by atoms with Crippen LogP contribution in [0.3, 0.4) is 0 Å². The number of para-hydroxylation sites is 1. The van der Waals surface area contributed by atoms with E-state index >= 15 is 0 Å². The van der Waals surface area contributed by atoms with Crippen molar-refractivity contribution in [3.63, 3.8) is 0 Å². The summed E-state index contributed by atoms with van der Waals surface area (Å²) in [5.41, 5.74) is 0.707. The van der Waals surface area contributed by atoms with Crippen molar-refractivity contribution < 1.29 is 9.47 Å². The number of rotatable bonds is 6. The van der Waals surface area contributed by atoms with Gasteiger partial charge in [0.05, 0.1) is 12.2 Å². The van der Waals surface area contributed by atoms with Gasteiger partial charge in [-0.25, -0.2) is 9.97 Å². The molecule has 6 heteroatoms. The van der Waals surface area contributed by atoms with Gasteiger partial charge < -0.3 is 9.47 Å². The Morgan fingerprint density at radius 2 is 1.60 bits per heavy atom. The van der Waals surface area contributed by atoms with E-state index in [0.717, 1.165) is 12.2 Å². The highest BCUT2D eigenvalue weighted by molar-refractivity contribution is 6.33. The lowest BCUT2D eigenvalue weighted by Crippen LogP contribution is -1.99. The molecule has 0 aliphatic carbocycles. The topological polar surface area (TPSA) is 44.2 Å². The van der Waals surface area contributed by atoms with Gasteiger partial charge in [0.1, 0.15) is 27.6 Å². The second-order valence-corrected chi connectivity index (χ2v) is 6.03. The van der Waals surface area contributed by atoms with Gasteiger partial charge in [-0.2, -0.15) is 0 Å². The molecule has 25 heavy (non-hydrogen) atoms. The molecule has 1 aromatic heterocycles. The van der Waals surface area contributed by atoms with Crippen molar-refractivity contribution in [3.05, 3.63) is 64.9 Å². The molecule has 0 radical (unpaired) electrons. The minimum atomic E-state index is 0.279. The number of halogens is 2.